The van der Waals surface area contributed by atoms with Gasteiger partial charge in [-0.3, -0.25) is 4.79 Å². The Balaban J connectivity index is 1.64. The summed E-state index contributed by atoms with van der Waals surface area (Å²) in [6.07, 6.45) is -0.415. The predicted octanol–water partition coefficient (Wildman–Crippen LogP) is 4.42. The molecule has 1 aromatic carbocycles. The molecule has 0 radical (unpaired) electrons. The van der Waals surface area contributed by atoms with Crippen molar-refractivity contribution in [2.24, 2.45) is 0 Å². The number of carbonyl (C=O) groups is 1. The molecule has 194 valence electrons. The molecule has 7 nitrogen and oxygen atoms in total. The van der Waals surface area contributed by atoms with Crippen molar-refractivity contribution in [3.05, 3.63) is 77.9 Å². The molecule has 0 atom stereocenters. The molecule has 37 heavy (non-hydrogen) atoms. The van der Waals surface area contributed by atoms with Gasteiger partial charge in [0.05, 0.1) is 11.3 Å². The van der Waals surface area contributed by atoms with E-state index in [1.165, 1.54) is 36.7 Å². The summed E-state index contributed by atoms with van der Waals surface area (Å²) in [5.41, 5.74) is -0.362. The molecular formula is C25H23F5N6O. The monoisotopic (exact) mass is 518 g/mol. The van der Waals surface area contributed by atoms with E-state index < -0.39 is 29.2 Å². The summed E-state index contributed by atoms with van der Waals surface area (Å²) in [5.74, 6) is -2.55. The molecule has 2 aromatic heterocycles. The van der Waals surface area contributed by atoms with Gasteiger partial charge in [-0.2, -0.15) is 13.2 Å². The second kappa shape index (κ2) is 10.5. The van der Waals surface area contributed by atoms with E-state index in [1.54, 1.807) is 28.8 Å². The number of nitrogens with zero attached hydrogens (tertiary/aromatic N) is 6. The maximum absolute atomic E-state index is 13.9. The zero-order valence-electron chi connectivity index (χ0n) is 20.0. The van der Waals surface area contributed by atoms with E-state index >= 15 is 0 Å². The number of halogens is 5. The molecule has 12 heteroatoms. The number of aromatic nitrogens is 3. The predicted molar refractivity (Wildman–Crippen MR) is 128 cm³/mol. The molecule has 3 aromatic rings. The van der Waals surface area contributed by atoms with Crippen LogP contribution in [0.25, 0.3) is 11.3 Å². The Morgan fingerprint density at radius 3 is 2.32 bits per heavy atom. The summed E-state index contributed by atoms with van der Waals surface area (Å²) >= 11 is 0. The molecule has 3 heterocycles. The number of hydrogen-bond donors (Lipinski definition) is 0. The molecule has 4 rings (SSSR count). The van der Waals surface area contributed by atoms with Crippen LogP contribution in [0.2, 0.25) is 0 Å². The van der Waals surface area contributed by atoms with Crippen molar-refractivity contribution in [1.82, 2.24) is 19.9 Å². The molecular weight excluding hydrogens is 495 g/mol. The lowest BCUT2D eigenvalue weighted by Gasteiger charge is -2.37. The largest absolute Gasteiger partial charge is 0.419 e. The quantitative estimate of drug-likeness (QED) is 0.272. The first kappa shape index (κ1) is 26.0. The van der Waals surface area contributed by atoms with E-state index in [9.17, 15) is 26.7 Å². The lowest BCUT2D eigenvalue weighted by Crippen LogP contribution is -2.47. The Kier molecular flexibility index (Phi) is 7.37. The maximum Gasteiger partial charge on any atom is 0.419 e. The van der Waals surface area contributed by atoms with Crippen LogP contribution in [0.15, 0.2) is 54.9 Å². The van der Waals surface area contributed by atoms with E-state index in [2.05, 4.69) is 15.0 Å². The summed E-state index contributed by atoms with van der Waals surface area (Å²) in [4.78, 5) is 30.3. The zero-order chi connectivity index (χ0) is 26.7. The van der Waals surface area contributed by atoms with Crippen molar-refractivity contribution in [1.29, 1.82) is 0 Å². The third-order valence-corrected chi connectivity index (χ3v) is 5.67. The van der Waals surface area contributed by atoms with Crippen molar-refractivity contribution in [3.8, 4) is 11.3 Å². The van der Waals surface area contributed by atoms with Crippen molar-refractivity contribution in [3.63, 3.8) is 0 Å². The number of benzene rings is 1. The highest BCUT2D eigenvalue weighted by Gasteiger charge is 2.36. The van der Waals surface area contributed by atoms with Gasteiger partial charge in [-0.15, -0.1) is 0 Å². The number of ketones is 1. The average Bonchev–Trinajstić information content (AvgIpc) is 2.88. The van der Waals surface area contributed by atoms with E-state index in [-0.39, 0.29) is 49.1 Å². The molecule has 1 saturated heterocycles. The van der Waals surface area contributed by atoms with Crippen LogP contribution in [0.5, 0.6) is 0 Å². The summed E-state index contributed by atoms with van der Waals surface area (Å²) in [5, 5.41) is 0. The van der Waals surface area contributed by atoms with Crippen LogP contribution < -0.4 is 9.80 Å². The Labute approximate surface area is 209 Å². The minimum atomic E-state index is -4.54. The molecule has 0 bridgehead atoms. The second-order valence-corrected chi connectivity index (χ2v) is 8.55. The number of anilines is 2. The minimum absolute atomic E-state index is 0.149. The first-order chi connectivity index (χ1) is 17.5. The number of allylic oxidation sites excluding steroid dienone is 1. The average molecular weight is 518 g/mol. The Bertz CT molecular complexity index is 1320. The number of rotatable bonds is 6. The minimum Gasteiger partial charge on any atom is -0.383 e. The van der Waals surface area contributed by atoms with Crippen molar-refractivity contribution >= 4 is 17.4 Å². The molecule has 1 fully saturated rings. The van der Waals surface area contributed by atoms with Gasteiger partial charge in [0.25, 0.3) is 0 Å². The normalized spacial score (nSPS) is 14.4. The molecule has 0 N–H and O–H groups in total. The van der Waals surface area contributed by atoms with E-state index in [1.807, 2.05) is 0 Å². The van der Waals surface area contributed by atoms with Crippen LogP contribution in [-0.2, 0) is 6.18 Å². The highest BCUT2D eigenvalue weighted by atomic mass is 19.4. The summed E-state index contributed by atoms with van der Waals surface area (Å²) in [7, 11) is 3.47. The Morgan fingerprint density at radius 2 is 1.68 bits per heavy atom. The van der Waals surface area contributed by atoms with Gasteiger partial charge < -0.3 is 14.7 Å². The Morgan fingerprint density at radius 1 is 0.973 bits per heavy atom. The second-order valence-electron chi connectivity index (χ2n) is 8.55. The molecule has 1 aliphatic rings. The molecule has 0 spiro atoms. The van der Waals surface area contributed by atoms with Crippen molar-refractivity contribution in [2.75, 3.05) is 50.1 Å². The molecule has 1 aliphatic heterocycles. The van der Waals surface area contributed by atoms with E-state index in [0.717, 1.165) is 18.2 Å². The zero-order valence-corrected chi connectivity index (χ0v) is 20.0. The van der Waals surface area contributed by atoms with Crippen LogP contribution in [0, 0.1) is 11.6 Å². The Hall–Kier alpha value is -4.09. The van der Waals surface area contributed by atoms with Gasteiger partial charge in [0.1, 0.15) is 11.6 Å². The first-order valence-electron chi connectivity index (χ1n) is 11.3. The van der Waals surface area contributed by atoms with Crippen LogP contribution in [0.4, 0.5) is 33.6 Å². The summed E-state index contributed by atoms with van der Waals surface area (Å²) < 4.78 is 67.7. The van der Waals surface area contributed by atoms with Gasteiger partial charge in [0.2, 0.25) is 11.6 Å². The third kappa shape index (κ3) is 6.01. The fraction of sp³-hybridized carbons (Fsp3) is 0.280. The number of pyridine rings is 1. The van der Waals surface area contributed by atoms with Crippen LogP contribution >= 0.6 is 0 Å². The lowest BCUT2D eigenvalue weighted by molar-refractivity contribution is -0.137. The molecule has 0 amide bonds. The highest BCUT2D eigenvalue weighted by molar-refractivity contribution is 6.02. The number of piperazine rings is 1. The number of alkyl halides is 3. The lowest BCUT2D eigenvalue weighted by atomic mass is 10.1. The van der Waals surface area contributed by atoms with Gasteiger partial charge in [-0.25, -0.2) is 23.7 Å². The van der Waals surface area contributed by atoms with Gasteiger partial charge in [-0.05, 0) is 30.3 Å². The van der Waals surface area contributed by atoms with Gasteiger partial charge in [0.15, 0.2) is 11.6 Å². The topological polar surface area (TPSA) is 65.5 Å². The number of hydrogen-bond acceptors (Lipinski definition) is 7. The number of carbonyl (C=O) groups excluding carboxylic acids is 1. The molecule has 0 saturated carbocycles. The fourth-order valence-corrected chi connectivity index (χ4v) is 3.82. The highest BCUT2D eigenvalue weighted by Crippen LogP contribution is 2.35. The smallest absolute Gasteiger partial charge is 0.383 e. The van der Waals surface area contributed by atoms with Crippen LogP contribution in [-0.4, -0.2) is 65.9 Å². The SMILES string of the molecule is CN(C)/C=C\C(=O)c1nc(-c2ccc(F)c(F)c2)cc(N2CCN(c3ncccc3C(F)(F)F)CC2)n1. The maximum atomic E-state index is 13.9. The van der Waals surface area contributed by atoms with Gasteiger partial charge >= 0.3 is 6.18 Å². The summed E-state index contributed by atoms with van der Waals surface area (Å²) in [6, 6.07) is 7.05. The third-order valence-electron chi connectivity index (χ3n) is 5.67. The van der Waals surface area contributed by atoms with E-state index in [4.69, 9.17) is 0 Å². The fourth-order valence-electron chi connectivity index (χ4n) is 3.82. The van der Waals surface area contributed by atoms with E-state index in [0.29, 0.717) is 5.82 Å². The van der Waals surface area contributed by atoms with Gasteiger partial charge in [0, 0.05) is 70.4 Å². The molecule has 0 unspecified atom stereocenters. The van der Waals surface area contributed by atoms with Crippen LogP contribution in [0.1, 0.15) is 16.2 Å². The van der Waals surface area contributed by atoms with Gasteiger partial charge in [-0.1, -0.05) is 0 Å². The summed E-state index contributed by atoms with van der Waals surface area (Å²) in [6.45, 7) is 0.995. The van der Waals surface area contributed by atoms with Crippen molar-refractivity contribution in [2.45, 2.75) is 6.18 Å². The molecule has 0 aliphatic carbocycles. The van der Waals surface area contributed by atoms with Crippen LogP contribution in [0.3, 0.4) is 0 Å². The standard InChI is InChI=1S/C25H23F5N6O/c1-34(2)9-7-21(37)23-32-20(16-5-6-18(26)19(27)14-16)15-22(33-23)35-10-12-36(13-11-35)24-17(25(28,29)30)4-3-8-31-24/h3-9,14-15H,10-13H2,1-2H3/b9-7-. The van der Waals surface area contributed by atoms with Crippen molar-refractivity contribution < 1.29 is 26.7 Å². The first-order valence-corrected chi connectivity index (χ1v) is 11.3.